The number of nitrogens with one attached hydrogen (secondary N) is 2. The Hall–Kier alpha value is -0.810. The summed E-state index contributed by atoms with van der Waals surface area (Å²) in [5, 5.41) is 3.34. The predicted octanol–water partition coefficient (Wildman–Crippen LogP) is 2.30. The first-order chi connectivity index (χ1) is 8.40. The molecule has 1 rings (SSSR count). The van der Waals surface area contributed by atoms with Gasteiger partial charge in [0, 0.05) is 18.2 Å². The van der Waals surface area contributed by atoms with Crippen LogP contribution in [0.3, 0.4) is 0 Å². The van der Waals surface area contributed by atoms with E-state index in [9.17, 15) is 4.79 Å². The van der Waals surface area contributed by atoms with Crippen molar-refractivity contribution in [2.24, 2.45) is 0 Å². The van der Waals surface area contributed by atoms with E-state index in [2.05, 4.69) is 43.0 Å². The number of hydrogen-bond acceptors (Lipinski definition) is 4. The average Bonchev–Trinajstić information content (AvgIpc) is 2.25. The minimum absolute atomic E-state index is 0.0292. The highest BCUT2D eigenvalue weighted by Gasteiger charge is 2.09. The maximum absolute atomic E-state index is 11.5. The van der Waals surface area contributed by atoms with Crippen molar-refractivity contribution in [2.75, 3.05) is 5.75 Å². The van der Waals surface area contributed by atoms with Crippen LogP contribution in [0.1, 0.15) is 45.6 Å². The van der Waals surface area contributed by atoms with Gasteiger partial charge in [0.25, 0.3) is 5.56 Å². The van der Waals surface area contributed by atoms with Crippen LogP contribution in [0.5, 0.6) is 0 Å². The fraction of sp³-hybridized carbons (Fsp3) is 0.692. The Bertz CT molecular complexity index is 423. The smallest absolute Gasteiger partial charge is 0.251 e. The third kappa shape index (κ3) is 6.21. The molecule has 0 aliphatic heterocycles. The van der Waals surface area contributed by atoms with Crippen LogP contribution in [0.2, 0.25) is 0 Å². The lowest BCUT2D eigenvalue weighted by atomic mass is 10.1. The van der Waals surface area contributed by atoms with Gasteiger partial charge in [-0.15, -0.1) is 0 Å². The molecule has 1 aromatic heterocycles. The summed E-state index contributed by atoms with van der Waals surface area (Å²) in [5.41, 5.74) is 0.769. The van der Waals surface area contributed by atoms with Gasteiger partial charge in [0.2, 0.25) is 0 Å². The zero-order chi connectivity index (χ0) is 13.6. The van der Waals surface area contributed by atoms with Crippen LogP contribution in [0.15, 0.2) is 10.9 Å². The van der Waals surface area contributed by atoms with E-state index in [4.69, 9.17) is 0 Å². The summed E-state index contributed by atoms with van der Waals surface area (Å²) in [4.78, 5) is 18.8. The van der Waals surface area contributed by atoms with Gasteiger partial charge in [-0.2, -0.15) is 11.8 Å². The second-order valence-corrected chi connectivity index (χ2v) is 6.44. The molecular formula is C13H23N3OS. The summed E-state index contributed by atoms with van der Waals surface area (Å²) in [6.45, 7) is 9.06. The SMILES string of the molecule is CCCSCc1nc(CNC(C)(C)C)cc(=O)[nH]1. The summed E-state index contributed by atoms with van der Waals surface area (Å²) >= 11 is 1.79. The standard InChI is InChI=1S/C13H23N3OS/c1-5-6-18-9-11-15-10(7-12(17)16-11)8-14-13(2,3)4/h7,14H,5-6,8-9H2,1-4H3,(H,15,16,17). The zero-order valence-electron chi connectivity index (χ0n) is 11.7. The minimum Gasteiger partial charge on any atom is -0.310 e. The second kappa shape index (κ2) is 6.95. The van der Waals surface area contributed by atoms with Crippen LogP contribution in [0.4, 0.5) is 0 Å². The first-order valence-corrected chi connectivity index (χ1v) is 7.48. The fourth-order valence-electron chi connectivity index (χ4n) is 1.39. The van der Waals surface area contributed by atoms with E-state index in [1.165, 1.54) is 0 Å². The maximum Gasteiger partial charge on any atom is 0.251 e. The van der Waals surface area contributed by atoms with Gasteiger partial charge in [-0.3, -0.25) is 4.79 Å². The van der Waals surface area contributed by atoms with Crippen LogP contribution < -0.4 is 10.9 Å². The molecule has 0 saturated carbocycles. The number of nitrogens with zero attached hydrogens (tertiary/aromatic N) is 1. The highest BCUT2D eigenvalue weighted by molar-refractivity contribution is 7.98. The summed E-state index contributed by atoms with van der Waals surface area (Å²) in [6, 6.07) is 1.56. The van der Waals surface area contributed by atoms with Crippen molar-refractivity contribution in [2.45, 2.75) is 52.0 Å². The Kier molecular flexibility index (Phi) is 5.88. The Balaban J connectivity index is 2.65. The zero-order valence-corrected chi connectivity index (χ0v) is 12.5. The molecule has 0 spiro atoms. The lowest BCUT2D eigenvalue weighted by molar-refractivity contribution is 0.420. The van der Waals surface area contributed by atoms with Crippen molar-refractivity contribution in [3.05, 3.63) is 27.9 Å². The molecule has 0 radical (unpaired) electrons. The molecule has 4 nitrogen and oxygen atoms in total. The van der Waals surface area contributed by atoms with E-state index in [-0.39, 0.29) is 11.1 Å². The fourth-order valence-corrected chi connectivity index (χ4v) is 2.15. The van der Waals surface area contributed by atoms with Crippen molar-refractivity contribution in [3.63, 3.8) is 0 Å². The lowest BCUT2D eigenvalue weighted by Gasteiger charge is -2.20. The largest absolute Gasteiger partial charge is 0.310 e. The predicted molar refractivity (Wildman–Crippen MR) is 77.9 cm³/mol. The molecule has 102 valence electrons. The molecule has 0 aliphatic carbocycles. The van der Waals surface area contributed by atoms with Gasteiger partial charge in [0.15, 0.2) is 0 Å². The Morgan fingerprint density at radius 2 is 2.17 bits per heavy atom. The van der Waals surface area contributed by atoms with Crippen molar-refractivity contribution < 1.29 is 0 Å². The number of aromatic amines is 1. The van der Waals surface area contributed by atoms with E-state index in [0.717, 1.165) is 29.4 Å². The molecule has 18 heavy (non-hydrogen) atoms. The summed E-state index contributed by atoms with van der Waals surface area (Å²) in [6.07, 6.45) is 1.14. The molecule has 0 bridgehead atoms. The number of aromatic nitrogens is 2. The molecule has 1 heterocycles. The van der Waals surface area contributed by atoms with Gasteiger partial charge in [-0.1, -0.05) is 6.92 Å². The number of hydrogen-bond donors (Lipinski definition) is 2. The van der Waals surface area contributed by atoms with Crippen molar-refractivity contribution in [1.29, 1.82) is 0 Å². The second-order valence-electron chi connectivity index (χ2n) is 5.34. The highest BCUT2D eigenvalue weighted by atomic mass is 32.2. The summed E-state index contributed by atoms with van der Waals surface area (Å²) < 4.78 is 0. The molecule has 0 amide bonds. The van der Waals surface area contributed by atoms with Gasteiger partial charge >= 0.3 is 0 Å². The summed E-state index contributed by atoms with van der Waals surface area (Å²) in [7, 11) is 0. The number of thioether (sulfide) groups is 1. The van der Waals surface area contributed by atoms with Crippen LogP contribution in [-0.4, -0.2) is 21.3 Å². The Morgan fingerprint density at radius 1 is 1.44 bits per heavy atom. The van der Waals surface area contributed by atoms with E-state index in [1.54, 1.807) is 17.8 Å². The molecule has 1 aromatic rings. The molecule has 2 N–H and O–H groups in total. The van der Waals surface area contributed by atoms with E-state index >= 15 is 0 Å². The van der Waals surface area contributed by atoms with E-state index in [1.807, 2.05) is 0 Å². The molecule has 0 aromatic carbocycles. The van der Waals surface area contributed by atoms with E-state index < -0.39 is 0 Å². The van der Waals surface area contributed by atoms with Crippen LogP contribution in [0.25, 0.3) is 0 Å². The average molecular weight is 269 g/mol. The van der Waals surface area contributed by atoms with Gasteiger partial charge in [-0.05, 0) is 32.9 Å². The third-order valence-corrected chi connectivity index (χ3v) is 3.41. The topological polar surface area (TPSA) is 57.8 Å². The highest BCUT2D eigenvalue weighted by Crippen LogP contribution is 2.09. The monoisotopic (exact) mass is 269 g/mol. The van der Waals surface area contributed by atoms with Gasteiger partial charge in [-0.25, -0.2) is 4.98 Å². The molecule has 0 saturated heterocycles. The third-order valence-electron chi connectivity index (χ3n) is 2.23. The quantitative estimate of drug-likeness (QED) is 0.778. The van der Waals surface area contributed by atoms with Crippen molar-refractivity contribution in [3.8, 4) is 0 Å². The number of H-pyrrole nitrogens is 1. The van der Waals surface area contributed by atoms with Crippen LogP contribution in [0, 0.1) is 0 Å². The van der Waals surface area contributed by atoms with Crippen molar-refractivity contribution in [1.82, 2.24) is 15.3 Å². The Labute approximate surface area is 113 Å². The number of rotatable bonds is 6. The first-order valence-electron chi connectivity index (χ1n) is 6.32. The van der Waals surface area contributed by atoms with E-state index in [0.29, 0.717) is 6.54 Å². The molecule has 5 heteroatoms. The minimum atomic E-state index is -0.0668. The maximum atomic E-state index is 11.5. The Morgan fingerprint density at radius 3 is 2.78 bits per heavy atom. The van der Waals surface area contributed by atoms with Gasteiger partial charge in [0.05, 0.1) is 11.4 Å². The molecule has 0 aliphatic rings. The molecule has 0 fully saturated rings. The summed E-state index contributed by atoms with van der Waals surface area (Å²) in [5.74, 6) is 2.63. The first kappa shape index (κ1) is 15.2. The molecule has 0 unspecified atom stereocenters. The lowest BCUT2D eigenvalue weighted by Crippen LogP contribution is -2.35. The van der Waals surface area contributed by atoms with Gasteiger partial charge in [0.1, 0.15) is 5.82 Å². The molecule has 0 atom stereocenters. The van der Waals surface area contributed by atoms with Crippen LogP contribution >= 0.6 is 11.8 Å². The van der Waals surface area contributed by atoms with Gasteiger partial charge < -0.3 is 10.3 Å². The van der Waals surface area contributed by atoms with Crippen LogP contribution in [-0.2, 0) is 12.3 Å². The molecular weight excluding hydrogens is 246 g/mol. The van der Waals surface area contributed by atoms with Crippen molar-refractivity contribution >= 4 is 11.8 Å². The normalized spacial score (nSPS) is 11.8.